The van der Waals surface area contributed by atoms with E-state index >= 15 is 0 Å². The summed E-state index contributed by atoms with van der Waals surface area (Å²) < 4.78 is 0. The lowest BCUT2D eigenvalue weighted by Crippen LogP contribution is -2.29. The van der Waals surface area contributed by atoms with E-state index in [1.807, 2.05) is 31.2 Å². The van der Waals surface area contributed by atoms with Crippen LogP contribution in [-0.2, 0) is 4.79 Å². The number of rotatable bonds is 2. The fourth-order valence-corrected chi connectivity index (χ4v) is 3.30. The molecule has 88 valence electrons. The van der Waals surface area contributed by atoms with Gasteiger partial charge in [0.15, 0.2) is 5.78 Å². The highest BCUT2D eigenvalue weighted by molar-refractivity contribution is 6.12. The Kier molecular flexibility index (Phi) is 2.39. The predicted molar refractivity (Wildman–Crippen MR) is 64.8 cm³/mol. The molecule has 1 aromatic rings. The molecule has 2 bridgehead atoms. The van der Waals surface area contributed by atoms with E-state index in [1.54, 1.807) is 0 Å². The van der Waals surface area contributed by atoms with Gasteiger partial charge in [0.25, 0.3) is 0 Å². The Bertz CT molecular complexity index is 472. The van der Waals surface area contributed by atoms with Crippen molar-refractivity contribution in [2.45, 2.75) is 26.2 Å². The highest BCUT2D eigenvalue weighted by Gasteiger charge is 2.49. The molecule has 2 nitrogen and oxygen atoms in total. The Morgan fingerprint density at radius 2 is 1.88 bits per heavy atom. The van der Waals surface area contributed by atoms with Crippen LogP contribution in [0.4, 0.5) is 0 Å². The molecule has 17 heavy (non-hydrogen) atoms. The van der Waals surface area contributed by atoms with Crippen molar-refractivity contribution in [2.75, 3.05) is 0 Å². The van der Waals surface area contributed by atoms with Gasteiger partial charge < -0.3 is 0 Å². The molecule has 0 heterocycles. The Labute approximate surface area is 101 Å². The lowest BCUT2D eigenvalue weighted by atomic mass is 9.82. The van der Waals surface area contributed by atoms with Crippen molar-refractivity contribution in [2.24, 2.45) is 17.8 Å². The Morgan fingerprint density at radius 3 is 2.47 bits per heavy atom. The first kappa shape index (κ1) is 10.7. The molecular formula is C15H16O2. The number of aryl methyl sites for hydroxylation is 1. The third kappa shape index (κ3) is 1.63. The molecule has 2 heteroatoms. The summed E-state index contributed by atoms with van der Waals surface area (Å²) in [6, 6.07) is 7.56. The summed E-state index contributed by atoms with van der Waals surface area (Å²) in [6.45, 7) is 2.00. The summed E-state index contributed by atoms with van der Waals surface area (Å²) in [7, 11) is 0. The van der Waals surface area contributed by atoms with Gasteiger partial charge in [0.05, 0.1) is 5.92 Å². The maximum atomic E-state index is 12.3. The second kappa shape index (κ2) is 3.80. The van der Waals surface area contributed by atoms with E-state index in [-0.39, 0.29) is 23.4 Å². The standard InChI is InChI=1S/C15H16O2/c1-9-2-4-10(5-3-9)14(16)13-11-6-7-12(8-11)15(13)17/h2-5,11-13H,6-8H2,1H3/t11-,12-,13+/m0/s1. The summed E-state index contributed by atoms with van der Waals surface area (Å²) in [4.78, 5) is 24.4. The molecule has 0 aliphatic heterocycles. The molecular weight excluding hydrogens is 212 g/mol. The third-order valence-electron chi connectivity index (χ3n) is 4.27. The topological polar surface area (TPSA) is 34.1 Å². The molecule has 1 aromatic carbocycles. The minimum atomic E-state index is -0.337. The van der Waals surface area contributed by atoms with E-state index in [2.05, 4.69) is 0 Å². The van der Waals surface area contributed by atoms with Crippen molar-refractivity contribution in [3.05, 3.63) is 35.4 Å². The largest absolute Gasteiger partial charge is 0.299 e. The van der Waals surface area contributed by atoms with Crippen molar-refractivity contribution in [1.82, 2.24) is 0 Å². The first-order valence-electron chi connectivity index (χ1n) is 6.31. The van der Waals surface area contributed by atoms with Crippen molar-refractivity contribution < 1.29 is 9.59 Å². The minimum Gasteiger partial charge on any atom is -0.299 e. The molecule has 0 aromatic heterocycles. The Balaban J connectivity index is 1.88. The fourth-order valence-electron chi connectivity index (χ4n) is 3.30. The number of carbonyl (C=O) groups is 2. The van der Waals surface area contributed by atoms with E-state index in [1.165, 1.54) is 0 Å². The first-order valence-corrected chi connectivity index (χ1v) is 6.31. The van der Waals surface area contributed by atoms with Gasteiger partial charge in [0, 0.05) is 11.5 Å². The van der Waals surface area contributed by atoms with Crippen LogP contribution >= 0.6 is 0 Å². The van der Waals surface area contributed by atoms with E-state index in [0.717, 1.165) is 24.8 Å². The molecule has 0 spiro atoms. The molecule has 0 saturated heterocycles. The smallest absolute Gasteiger partial charge is 0.173 e. The normalized spacial score (nSPS) is 30.9. The number of ketones is 2. The third-order valence-corrected chi connectivity index (χ3v) is 4.27. The van der Waals surface area contributed by atoms with Crippen molar-refractivity contribution in [3.63, 3.8) is 0 Å². The summed E-state index contributed by atoms with van der Waals surface area (Å²) in [5.41, 5.74) is 1.84. The zero-order valence-corrected chi connectivity index (χ0v) is 9.98. The number of fused-ring (bicyclic) bond motifs is 2. The monoisotopic (exact) mass is 228 g/mol. The highest BCUT2D eigenvalue weighted by atomic mass is 16.2. The quantitative estimate of drug-likeness (QED) is 0.576. The summed E-state index contributed by atoms with van der Waals surface area (Å²) in [6.07, 6.45) is 3.00. The van der Waals surface area contributed by atoms with Crippen LogP contribution in [0, 0.1) is 24.7 Å². The van der Waals surface area contributed by atoms with Gasteiger partial charge in [-0.25, -0.2) is 0 Å². The predicted octanol–water partition coefficient (Wildman–Crippen LogP) is 2.79. The van der Waals surface area contributed by atoms with Gasteiger partial charge in [-0.1, -0.05) is 29.8 Å². The summed E-state index contributed by atoms with van der Waals surface area (Å²) in [5.74, 6) is 0.409. The van der Waals surface area contributed by atoms with E-state index < -0.39 is 0 Å². The van der Waals surface area contributed by atoms with Gasteiger partial charge in [-0.05, 0) is 32.1 Å². The number of carbonyl (C=O) groups excluding carboxylic acids is 2. The zero-order chi connectivity index (χ0) is 12.0. The Morgan fingerprint density at radius 1 is 1.18 bits per heavy atom. The molecule has 3 atom stereocenters. The van der Waals surface area contributed by atoms with Gasteiger partial charge in [-0.15, -0.1) is 0 Å². The van der Waals surface area contributed by atoms with Crippen LogP contribution < -0.4 is 0 Å². The first-order chi connectivity index (χ1) is 8.16. The Hall–Kier alpha value is -1.44. The molecule has 2 aliphatic carbocycles. The maximum absolute atomic E-state index is 12.3. The van der Waals surface area contributed by atoms with Gasteiger partial charge in [0.2, 0.25) is 0 Å². The van der Waals surface area contributed by atoms with E-state index in [0.29, 0.717) is 11.5 Å². The van der Waals surface area contributed by atoms with Crippen LogP contribution in [0.15, 0.2) is 24.3 Å². The molecule has 2 saturated carbocycles. The van der Waals surface area contributed by atoms with E-state index in [9.17, 15) is 9.59 Å². The van der Waals surface area contributed by atoms with Crippen LogP contribution in [-0.4, -0.2) is 11.6 Å². The van der Waals surface area contributed by atoms with Crippen LogP contribution in [0.5, 0.6) is 0 Å². The molecule has 2 fully saturated rings. The van der Waals surface area contributed by atoms with Crippen molar-refractivity contribution >= 4 is 11.6 Å². The summed E-state index contributed by atoms with van der Waals surface area (Å²) in [5, 5.41) is 0. The van der Waals surface area contributed by atoms with Crippen LogP contribution in [0.25, 0.3) is 0 Å². The zero-order valence-electron chi connectivity index (χ0n) is 9.98. The fraction of sp³-hybridized carbons (Fsp3) is 0.467. The second-order valence-corrected chi connectivity index (χ2v) is 5.38. The van der Waals surface area contributed by atoms with Crippen molar-refractivity contribution in [1.29, 1.82) is 0 Å². The van der Waals surface area contributed by atoms with Gasteiger partial charge >= 0.3 is 0 Å². The van der Waals surface area contributed by atoms with Crippen LogP contribution in [0.1, 0.15) is 35.2 Å². The number of Topliss-reactive ketones (excluding diaryl/α,β-unsaturated/α-hetero) is 2. The van der Waals surface area contributed by atoms with Crippen LogP contribution in [0.3, 0.4) is 0 Å². The number of hydrogen-bond donors (Lipinski definition) is 0. The maximum Gasteiger partial charge on any atom is 0.173 e. The summed E-state index contributed by atoms with van der Waals surface area (Å²) >= 11 is 0. The lowest BCUT2D eigenvalue weighted by Gasteiger charge is -2.19. The van der Waals surface area contributed by atoms with Gasteiger partial charge in [-0.3, -0.25) is 9.59 Å². The van der Waals surface area contributed by atoms with E-state index in [4.69, 9.17) is 0 Å². The van der Waals surface area contributed by atoms with Gasteiger partial charge in [-0.2, -0.15) is 0 Å². The molecule has 2 aliphatic rings. The molecule has 0 unspecified atom stereocenters. The average Bonchev–Trinajstić information content (AvgIpc) is 2.89. The van der Waals surface area contributed by atoms with Gasteiger partial charge in [0.1, 0.15) is 5.78 Å². The van der Waals surface area contributed by atoms with Crippen LogP contribution in [0.2, 0.25) is 0 Å². The minimum absolute atomic E-state index is 0.0437. The molecule has 0 radical (unpaired) electrons. The highest BCUT2D eigenvalue weighted by Crippen LogP contribution is 2.46. The molecule has 0 N–H and O–H groups in total. The number of hydrogen-bond acceptors (Lipinski definition) is 2. The van der Waals surface area contributed by atoms with Crippen molar-refractivity contribution in [3.8, 4) is 0 Å². The molecule has 3 rings (SSSR count). The second-order valence-electron chi connectivity index (χ2n) is 5.38. The number of benzene rings is 1. The molecule has 0 amide bonds. The SMILES string of the molecule is Cc1ccc(C(=O)[C@@H]2C(=O)[C@H]3CC[C@H]2C3)cc1. The average molecular weight is 228 g/mol. The lowest BCUT2D eigenvalue weighted by molar-refractivity contribution is -0.124.